The van der Waals surface area contributed by atoms with Crippen molar-refractivity contribution in [2.45, 2.75) is 18.9 Å². The molecule has 0 bridgehead atoms. The van der Waals surface area contributed by atoms with Gasteiger partial charge in [-0.25, -0.2) is 0 Å². The fraction of sp³-hybridized carbons (Fsp3) is 0.240. The fourth-order valence-electron chi connectivity index (χ4n) is 3.65. The molecule has 1 N–H and O–H groups in total. The zero-order valence-corrected chi connectivity index (χ0v) is 18.3. The van der Waals surface area contributed by atoms with E-state index in [1.807, 2.05) is 34.5 Å². The number of para-hydroxylation sites is 1. The van der Waals surface area contributed by atoms with E-state index in [-0.39, 0.29) is 30.2 Å². The molecule has 2 aromatic carbocycles. The highest BCUT2D eigenvalue weighted by atomic mass is 32.1. The molecule has 0 saturated carbocycles. The fourth-order valence-corrected chi connectivity index (χ4v) is 4.34. The molecule has 1 fully saturated rings. The number of amides is 2. The van der Waals surface area contributed by atoms with Gasteiger partial charge in [0.15, 0.2) is 5.78 Å². The summed E-state index contributed by atoms with van der Waals surface area (Å²) in [6.07, 6.45) is 1.31. The largest absolute Gasteiger partial charge is 0.489 e. The van der Waals surface area contributed by atoms with Gasteiger partial charge in [0, 0.05) is 31.5 Å². The van der Waals surface area contributed by atoms with Crippen molar-refractivity contribution in [1.82, 2.24) is 10.2 Å². The van der Waals surface area contributed by atoms with Gasteiger partial charge in [0.25, 0.3) is 11.8 Å². The number of likely N-dealkylation sites (tertiary alicyclic amines) is 1. The molecule has 0 spiro atoms. The topological polar surface area (TPSA) is 75.7 Å². The average Bonchev–Trinajstić information content (AvgIpc) is 3.38. The monoisotopic (exact) mass is 448 g/mol. The van der Waals surface area contributed by atoms with Crippen LogP contribution < -0.4 is 10.1 Å². The number of rotatable bonds is 7. The zero-order valence-electron chi connectivity index (χ0n) is 17.5. The van der Waals surface area contributed by atoms with Crippen LogP contribution in [-0.2, 0) is 0 Å². The van der Waals surface area contributed by atoms with Gasteiger partial charge in [-0.15, -0.1) is 11.3 Å². The number of nitrogens with one attached hydrogen (secondary N) is 1. The van der Waals surface area contributed by atoms with Crippen LogP contribution in [0.3, 0.4) is 0 Å². The SMILES string of the molecule is O=C(CNC(=O)c1ccccc1OC1CCN(C(=O)c2cccs2)CC1)c1ccccc1. The highest BCUT2D eigenvalue weighted by molar-refractivity contribution is 7.12. The molecule has 3 aromatic rings. The van der Waals surface area contributed by atoms with Crippen LogP contribution in [0.2, 0.25) is 0 Å². The van der Waals surface area contributed by atoms with Gasteiger partial charge in [0.1, 0.15) is 11.9 Å². The number of nitrogens with zero attached hydrogens (tertiary/aromatic N) is 1. The summed E-state index contributed by atoms with van der Waals surface area (Å²) in [6.45, 7) is 1.14. The highest BCUT2D eigenvalue weighted by Crippen LogP contribution is 2.24. The molecular formula is C25H24N2O4S. The minimum atomic E-state index is -0.352. The van der Waals surface area contributed by atoms with Crippen molar-refractivity contribution in [1.29, 1.82) is 0 Å². The number of benzene rings is 2. The summed E-state index contributed by atoms with van der Waals surface area (Å²) in [5, 5.41) is 4.59. The van der Waals surface area contributed by atoms with Crippen LogP contribution in [-0.4, -0.2) is 48.2 Å². The summed E-state index contributed by atoms with van der Waals surface area (Å²) < 4.78 is 6.14. The molecule has 1 aliphatic rings. The molecule has 4 rings (SSSR count). The molecule has 32 heavy (non-hydrogen) atoms. The van der Waals surface area contributed by atoms with Crippen molar-refractivity contribution in [3.63, 3.8) is 0 Å². The summed E-state index contributed by atoms with van der Waals surface area (Å²) in [5.41, 5.74) is 0.951. The number of Topliss-reactive ketones (excluding diaryl/α,β-unsaturated/α-hetero) is 1. The Bertz CT molecular complexity index is 1070. The summed E-state index contributed by atoms with van der Waals surface area (Å²) in [6, 6.07) is 19.6. The van der Waals surface area contributed by atoms with E-state index in [0.29, 0.717) is 42.8 Å². The summed E-state index contributed by atoms with van der Waals surface area (Å²) in [7, 11) is 0. The Hall–Kier alpha value is -3.45. The third-order valence-corrected chi connectivity index (χ3v) is 6.25. The Labute approximate surface area is 190 Å². The maximum atomic E-state index is 12.7. The number of thiophene rings is 1. The van der Waals surface area contributed by atoms with Crippen LogP contribution in [0.15, 0.2) is 72.1 Å². The lowest BCUT2D eigenvalue weighted by Crippen LogP contribution is -2.41. The second-order valence-electron chi connectivity index (χ2n) is 7.55. The number of ketones is 1. The second kappa shape index (κ2) is 10.2. The lowest BCUT2D eigenvalue weighted by atomic mass is 10.1. The third kappa shape index (κ3) is 5.23. The van der Waals surface area contributed by atoms with Gasteiger partial charge in [-0.3, -0.25) is 14.4 Å². The predicted octanol–water partition coefficient (Wildman–Crippen LogP) is 4.04. The van der Waals surface area contributed by atoms with Gasteiger partial charge in [0.05, 0.1) is 17.0 Å². The molecule has 1 aliphatic heterocycles. The zero-order chi connectivity index (χ0) is 22.3. The van der Waals surface area contributed by atoms with E-state index in [9.17, 15) is 14.4 Å². The third-order valence-electron chi connectivity index (χ3n) is 5.39. The van der Waals surface area contributed by atoms with Gasteiger partial charge in [-0.2, -0.15) is 0 Å². The van der Waals surface area contributed by atoms with E-state index in [1.54, 1.807) is 42.5 Å². The molecule has 0 radical (unpaired) electrons. The lowest BCUT2D eigenvalue weighted by Gasteiger charge is -2.32. The minimum absolute atomic E-state index is 0.0568. The second-order valence-corrected chi connectivity index (χ2v) is 8.50. The molecule has 6 nitrogen and oxygen atoms in total. The number of carbonyl (C=O) groups is 3. The molecule has 1 aromatic heterocycles. The number of ether oxygens (including phenoxy) is 1. The first-order valence-electron chi connectivity index (χ1n) is 10.6. The Morgan fingerprint density at radius 3 is 2.38 bits per heavy atom. The van der Waals surface area contributed by atoms with Gasteiger partial charge in [0.2, 0.25) is 0 Å². The Morgan fingerprint density at radius 2 is 1.66 bits per heavy atom. The van der Waals surface area contributed by atoms with E-state index in [4.69, 9.17) is 4.74 Å². The molecule has 0 unspecified atom stereocenters. The van der Waals surface area contributed by atoms with E-state index in [2.05, 4.69) is 5.32 Å². The molecule has 2 heterocycles. The molecule has 1 saturated heterocycles. The minimum Gasteiger partial charge on any atom is -0.489 e. The van der Waals surface area contributed by atoms with Gasteiger partial charge in [-0.05, 0) is 23.6 Å². The number of carbonyl (C=O) groups excluding carboxylic acids is 3. The van der Waals surface area contributed by atoms with E-state index < -0.39 is 0 Å². The quantitative estimate of drug-likeness (QED) is 0.554. The van der Waals surface area contributed by atoms with Crippen LogP contribution in [0.5, 0.6) is 5.75 Å². The van der Waals surface area contributed by atoms with Gasteiger partial charge in [-0.1, -0.05) is 48.5 Å². The number of piperidine rings is 1. The van der Waals surface area contributed by atoms with Gasteiger partial charge >= 0.3 is 0 Å². The van der Waals surface area contributed by atoms with Gasteiger partial charge < -0.3 is 15.0 Å². The molecular weight excluding hydrogens is 424 g/mol. The van der Waals surface area contributed by atoms with Crippen LogP contribution in [0.1, 0.15) is 43.2 Å². The molecule has 0 aliphatic carbocycles. The Morgan fingerprint density at radius 1 is 0.938 bits per heavy atom. The summed E-state index contributed by atoms with van der Waals surface area (Å²) in [5.74, 6) is 0.0387. The molecule has 7 heteroatoms. The van der Waals surface area contributed by atoms with Crippen molar-refractivity contribution in [3.05, 3.63) is 88.1 Å². The molecule has 2 amide bonds. The highest BCUT2D eigenvalue weighted by Gasteiger charge is 2.26. The van der Waals surface area contributed by atoms with Crippen LogP contribution in [0, 0.1) is 0 Å². The first-order valence-corrected chi connectivity index (χ1v) is 11.4. The summed E-state index contributed by atoms with van der Waals surface area (Å²) in [4.78, 5) is 40.1. The summed E-state index contributed by atoms with van der Waals surface area (Å²) >= 11 is 1.45. The van der Waals surface area contributed by atoms with Crippen molar-refractivity contribution >= 4 is 28.9 Å². The van der Waals surface area contributed by atoms with Crippen molar-refractivity contribution in [2.24, 2.45) is 0 Å². The smallest absolute Gasteiger partial charge is 0.263 e. The Kier molecular flexibility index (Phi) is 6.97. The lowest BCUT2D eigenvalue weighted by molar-refractivity contribution is 0.0597. The first-order chi connectivity index (χ1) is 15.6. The predicted molar refractivity (Wildman–Crippen MR) is 123 cm³/mol. The first kappa shape index (κ1) is 21.8. The van der Waals surface area contributed by atoms with E-state index in [0.717, 1.165) is 4.88 Å². The van der Waals surface area contributed by atoms with Crippen LogP contribution in [0.4, 0.5) is 0 Å². The van der Waals surface area contributed by atoms with Crippen LogP contribution in [0.25, 0.3) is 0 Å². The van der Waals surface area contributed by atoms with Crippen molar-refractivity contribution < 1.29 is 19.1 Å². The van der Waals surface area contributed by atoms with Crippen LogP contribution >= 0.6 is 11.3 Å². The average molecular weight is 449 g/mol. The normalized spacial score (nSPS) is 14.1. The van der Waals surface area contributed by atoms with E-state index in [1.165, 1.54) is 11.3 Å². The number of hydrogen-bond acceptors (Lipinski definition) is 5. The molecule has 0 atom stereocenters. The maximum absolute atomic E-state index is 12.7. The van der Waals surface area contributed by atoms with Crippen molar-refractivity contribution in [2.75, 3.05) is 19.6 Å². The number of hydrogen-bond donors (Lipinski definition) is 1. The van der Waals surface area contributed by atoms with Crippen molar-refractivity contribution in [3.8, 4) is 5.75 Å². The standard InChI is InChI=1S/C25H24N2O4S/c28-21(18-7-2-1-3-8-18)17-26-24(29)20-9-4-5-10-22(20)31-19-12-14-27(15-13-19)25(30)23-11-6-16-32-23/h1-11,16,19H,12-15,17H2,(H,26,29). The van der Waals surface area contributed by atoms with E-state index >= 15 is 0 Å². The molecule has 164 valence electrons. The Balaban J connectivity index is 1.33. The maximum Gasteiger partial charge on any atom is 0.263 e.